The van der Waals surface area contributed by atoms with Gasteiger partial charge in [0.25, 0.3) is 5.22 Å². The van der Waals surface area contributed by atoms with Crippen molar-refractivity contribution in [3.8, 4) is 11.5 Å². The summed E-state index contributed by atoms with van der Waals surface area (Å²) in [4.78, 5) is 0. The maximum absolute atomic E-state index is 12.9. The summed E-state index contributed by atoms with van der Waals surface area (Å²) in [5.41, 5.74) is 0.728. The summed E-state index contributed by atoms with van der Waals surface area (Å²) in [6.07, 6.45) is 2.31. The lowest BCUT2D eigenvalue weighted by molar-refractivity contribution is 0.0632. The molecule has 6 heteroatoms. The van der Waals surface area contributed by atoms with Gasteiger partial charge in [-0.15, -0.1) is 10.2 Å². The minimum atomic E-state index is -0.278. The Balaban J connectivity index is 1.60. The molecular weight excluding hydrogens is 279 g/mol. The van der Waals surface area contributed by atoms with Crippen molar-refractivity contribution in [3.63, 3.8) is 0 Å². The summed E-state index contributed by atoms with van der Waals surface area (Å²) in [5, 5.41) is 8.55. The lowest BCUT2D eigenvalue weighted by Crippen LogP contribution is -2.19. The molecule has 1 aromatic carbocycles. The molecule has 0 bridgehead atoms. The van der Waals surface area contributed by atoms with Crippen molar-refractivity contribution in [2.45, 2.75) is 18.1 Å². The Hall–Kier alpha value is -1.40. The van der Waals surface area contributed by atoms with Crippen molar-refractivity contribution in [1.82, 2.24) is 10.2 Å². The molecule has 1 unspecified atom stereocenters. The van der Waals surface area contributed by atoms with Gasteiger partial charge in [-0.1, -0.05) is 11.8 Å². The van der Waals surface area contributed by atoms with Gasteiger partial charge in [-0.3, -0.25) is 0 Å². The van der Waals surface area contributed by atoms with Crippen LogP contribution in [0, 0.1) is 11.7 Å². The fourth-order valence-electron chi connectivity index (χ4n) is 2.11. The van der Waals surface area contributed by atoms with Crippen LogP contribution in [0.2, 0.25) is 0 Å². The van der Waals surface area contributed by atoms with Crippen molar-refractivity contribution in [2.24, 2.45) is 5.92 Å². The summed E-state index contributed by atoms with van der Waals surface area (Å²) in [6.45, 7) is 1.68. The van der Waals surface area contributed by atoms with Crippen molar-refractivity contribution < 1.29 is 13.5 Å². The maximum Gasteiger partial charge on any atom is 0.276 e. The van der Waals surface area contributed by atoms with Crippen LogP contribution in [0.25, 0.3) is 11.5 Å². The number of hydrogen-bond acceptors (Lipinski definition) is 5. The van der Waals surface area contributed by atoms with Crippen LogP contribution in [0.3, 0.4) is 0 Å². The fraction of sp³-hybridized carbons (Fsp3) is 0.429. The van der Waals surface area contributed by atoms with Crippen LogP contribution in [0.15, 0.2) is 33.9 Å². The van der Waals surface area contributed by atoms with E-state index < -0.39 is 0 Å². The van der Waals surface area contributed by atoms with Gasteiger partial charge in [-0.05, 0) is 43.0 Å². The molecule has 1 saturated heterocycles. The number of nitrogens with zero attached hydrogens (tertiary/aromatic N) is 2. The van der Waals surface area contributed by atoms with Gasteiger partial charge in [0.1, 0.15) is 5.82 Å². The van der Waals surface area contributed by atoms with Gasteiger partial charge in [0, 0.05) is 17.9 Å². The second-order valence-corrected chi connectivity index (χ2v) is 5.75. The van der Waals surface area contributed by atoms with Gasteiger partial charge in [-0.2, -0.15) is 0 Å². The number of halogens is 1. The van der Waals surface area contributed by atoms with Crippen LogP contribution in [0.4, 0.5) is 4.39 Å². The predicted octanol–water partition coefficient (Wildman–Crippen LogP) is 3.39. The first-order valence-electron chi connectivity index (χ1n) is 6.61. The van der Waals surface area contributed by atoms with E-state index in [1.165, 1.54) is 18.6 Å². The Morgan fingerprint density at radius 2 is 2.10 bits per heavy atom. The Morgan fingerprint density at radius 3 is 2.85 bits per heavy atom. The largest absolute Gasteiger partial charge is 0.411 e. The fourth-order valence-corrected chi connectivity index (χ4v) is 2.98. The molecule has 4 nitrogen and oxygen atoms in total. The van der Waals surface area contributed by atoms with Gasteiger partial charge in [0.05, 0.1) is 6.61 Å². The second kappa shape index (κ2) is 6.37. The molecule has 106 valence electrons. The summed E-state index contributed by atoms with van der Waals surface area (Å²) in [6, 6.07) is 6.02. The van der Waals surface area contributed by atoms with Gasteiger partial charge in [0.2, 0.25) is 5.89 Å². The molecule has 0 radical (unpaired) electrons. The Labute approximate surface area is 120 Å². The topological polar surface area (TPSA) is 48.2 Å². The maximum atomic E-state index is 12.9. The van der Waals surface area contributed by atoms with Crippen LogP contribution in [0.5, 0.6) is 0 Å². The third-order valence-corrected chi connectivity index (χ3v) is 4.24. The first-order chi connectivity index (χ1) is 9.81. The lowest BCUT2D eigenvalue weighted by Gasteiger charge is -2.20. The van der Waals surface area contributed by atoms with Crippen molar-refractivity contribution in [1.29, 1.82) is 0 Å². The molecule has 1 aliphatic heterocycles. The highest BCUT2D eigenvalue weighted by Gasteiger charge is 2.16. The second-order valence-electron chi connectivity index (χ2n) is 4.77. The first kappa shape index (κ1) is 13.6. The Morgan fingerprint density at radius 1 is 1.25 bits per heavy atom. The van der Waals surface area contributed by atoms with E-state index in [-0.39, 0.29) is 5.82 Å². The summed E-state index contributed by atoms with van der Waals surface area (Å²) < 4.78 is 23.9. The van der Waals surface area contributed by atoms with Gasteiger partial charge in [0.15, 0.2) is 0 Å². The van der Waals surface area contributed by atoms with E-state index in [1.807, 2.05) is 0 Å². The number of rotatable bonds is 4. The van der Waals surface area contributed by atoms with Gasteiger partial charge in [-0.25, -0.2) is 4.39 Å². The highest BCUT2D eigenvalue weighted by molar-refractivity contribution is 7.99. The average Bonchev–Trinajstić information content (AvgIpc) is 2.96. The molecule has 0 amide bonds. The molecule has 20 heavy (non-hydrogen) atoms. The highest BCUT2D eigenvalue weighted by atomic mass is 32.2. The van der Waals surface area contributed by atoms with Crippen LogP contribution in [-0.4, -0.2) is 29.2 Å². The van der Waals surface area contributed by atoms with Gasteiger partial charge < -0.3 is 9.15 Å². The Kier molecular flexibility index (Phi) is 4.32. The number of thioether (sulfide) groups is 1. The van der Waals surface area contributed by atoms with Crippen LogP contribution >= 0.6 is 11.8 Å². The molecule has 2 heterocycles. The minimum Gasteiger partial charge on any atom is -0.411 e. The third-order valence-electron chi connectivity index (χ3n) is 3.19. The molecule has 0 N–H and O–H groups in total. The first-order valence-corrected chi connectivity index (χ1v) is 7.60. The van der Waals surface area contributed by atoms with E-state index in [1.54, 1.807) is 23.9 Å². The molecule has 1 atom stereocenters. The zero-order valence-electron chi connectivity index (χ0n) is 10.9. The molecule has 2 aromatic rings. The van der Waals surface area contributed by atoms with Crippen molar-refractivity contribution in [3.05, 3.63) is 30.1 Å². The molecule has 3 rings (SSSR count). The van der Waals surface area contributed by atoms with Gasteiger partial charge >= 0.3 is 0 Å². The summed E-state index contributed by atoms with van der Waals surface area (Å²) >= 11 is 1.55. The molecule has 1 aromatic heterocycles. The quantitative estimate of drug-likeness (QED) is 0.809. The van der Waals surface area contributed by atoms with E-state index in [0.29, 0.717) is 17.0 Å². The number of ether oxygens (including phenoxy) is 1. The summed E-state index contributed by atoms with van der Waals surface area (Å²) in [7, 11) is 0. The SMILES string of the molecule is Fc1ccc(-c2nnc(SCC3CCCOC3)o2)cc1. The lowest BCUT2D eigenvalue weighted by atomic mass is 10.1. The van der Waals surface area contributed by atoms with Crippen molar-refractivity contribution in [2.75, 3.05) is 19.0 Å². The Bertz CT molecular complexity index is 553. The standard InChI is InChI=1S/C14H15FN2O2S/c15-12-5-3-11(4-6-12)13-16-17-14(19-13)20-9-10-2-1-7-18-8-10/h3-6,10H,1-2,7-9H2. The normalized spacial score (nSPS) is 19.1. The van der Waals surface area contributed by atoms with Crippen molar-refractivity contribution >= 4 is 11.8 Å². The highest BCUT2D eigenvalue weighted by Crippen LogP contribution is 2.26. The van der Waals surface area contributed by atoms with Crippen LogP contribution in [-0.2, 0) is 4.74 Å². The van der Waals surface area contributed by atoms with Crippen LogP contribution in [0.1, 0.15) is 12.8 Å². The monoisotopic (exact) mass is 294 g/mol. The molecule has 0 aliphatic carbocycles. The van der Waals surface area contributed by atoms with E-state index in [4.69, 9.17) is 9.15 Å². The molecule has 0 spiro atoms. The summed E-state index contributed by atoms with van der Waals surface area (Å²) in [5.74, 6) is 1.62. The minimum absolute atomic E-state index is 0.278. The average molecular weight is 294 g/mol. The molecule has 0 saturated carbocycles. The number of benzene rings is 1. The zero-order chi connectivity index (χ0) is 13.8. The molecule has 1 aliphatic rings. The predicted molar refractivity (Wildman–Crippen MR) is 74.0 cm³/mol. The third kappa shape index (κ3) is 3.37. The van der Waals surface area contributed by atoms with E-state index in [2.05, 4.69) is 10.2 Å². The number of hydrogen-bond donors (Lipinski definition) is 0. The molecule has 1 fully saturated rings. The van der Waals surface area contributed by atoms with Crippen LogP contribution < -0.4 is 0 Å². The zero-order valence-corrected chi connectivity index (χ0v) is 11.7. The molecular formula is C14H15FN2O2S. The van der Waals surface area contributed by atoms with E-state index in [9.17, 15) is 4.39 Å². The van der Waals surface area contributed by atoms with E-state index in [0.717, 1.165) is 31.0 Å². The number of aromatic nitrogens is 2. The van der Waals surface area contributed by atoms with E-state index >= 15 is 0 Å². The smallest absolute Gasteiger partial charge is 0.276 e.